The van der Waals surface area contributed by atoms with Crippen LogP contribution in [-0.4, -0.2) is 27.8 Å². The molecular formula is C29H25FN4O3. The highest BCUT2D eigenvalue weighted by Gasteiger charge is 2.24. The number of H-pyrrole nitrogens is 1. The first-order chi connectivity index (χ1) is 17.9. The van der Waals surface area contributed by atoms with Crippen molar-refractivity contribution >= 4 is 28.4 Å². The molecule has 3 N–H and O–H groups in total. The van der Waals surface area contributed by atoms with E-state index in [1.807, 2.05) is 50.4 Å². The lowest BCUT2D eigenvalue weighted by molar-refractivity contribution is -0.118. The molecule has 8 heteroatoms. The van der Waals surface area contributed by atoms with E-state index >= 15 is 0 Å². The molecule has 3 aromatic carbocycles. The fraction of sp³-hybridized carbons (Fsp3) is 0.138. The van der Waals surface area contributed by atoms with Crippen LogP contribution in [0.25, 0.3) is 22.4 Å². The number of carbonyl (C=O) groups excluding carboxylic acids is 2. The van der Waals surface area contributed by atoms with Gasteiger partial charge in [0.25, 0.3) is 5.91 Å². The summed E-state index contributed by atoms with van der Waals surface area (Å²) in [6.45, 7) is 3.71. The number of hydrogen-bond donors (Lipinski definition) is 3. The minimum atomic E-state index is -0.897. The molecule has 2 heterocycles. The van der Waals surface area contributed by atoms with Crippen LogP contribution in [0.1, 0.15) is 27.4 Å². The number of aryl methyl sites for hydroxylation is 2. The third-order valence-corrected chi connectivity index (χ3v) is 6.23. The quantitative estimate of drug-likeness (QED) is 0.275. The summed E-state index contributed by atoms with van der Waals surface area (Å²) < 4.78 is 19.1. The van der Waals surface area contributed by atoms with Gasteiger partial charge in [0, 0.05) is 40.3 Å². The largest absolute Gasteiger partial charge is 0.441 e. The Morgan fingerprint density at radius 1 is 1.03 bits per heavy atom. The maximum absolute atomic E-state index is 13.5. The summed E-state index contributed by atoms with van der Waals surface area (Å²) in [5, 5.41) is 6.69. The molecule has 7 nitrogen and oxygen atoms in total. The van der Waals surface area contributed by atoms with Crippen molar-refractivity contribution in [1.82, 2.24) is 15.3 Å². The number of nitrogens with zero attached hydrogens (tertiary/aromatic N) is 1. The van der Waals surface area contributed by atoms with Crippen LogP contribution in [0.5, 0.6) is 0 Å². The average molecular weight is 497 g/mol. The van der Waals surface area contributed by atoms with Crippen LogP contribution in [0.2, 0.25) is 0 Å². The normalized spacial score (nSPS) is 11.9. The van der Waals surface area contributed by atoms with Gasteiger partial charge in [-0.3, -0.25) is 9.59 Å². The van der Waals surface area contributed by atoms with E-state index in [-0.39, 0.29) is 12.0 Å². The first kappa shape index (κ1) is 24.0. The molecule has 0 aliphatic rings. The second-order valence-electron chi connectivity index (χ2n) is 8.83. The van der Waals surface area contributed by atoms with E-state index in [2.05, 4.69) is 20.6 Å². The molecule has 0 aliphatic carbocycles. The van der Waals surface area contributed by atoms with Crippen molar-refractivity contribution in [2.75, 3.05) is 5.32 Å². The first-order valence-corrected chi connectivity index (χ1v) is 11.8. The van der Waals surface area contributed by atoms with Crippen LogP contribution < -0.4 is 10.6 Å². The second-order valence-corrected chi connectivity index (χ2v) is 8.83. The van der Waals surface area contributed by atoms with Crippen molar-refractivity contribution in [3.8, 4) is 11.5 Å². The predicted octanol–water partition coefficient (Wildman–Crippen LogP) is 5.56. The first-order valence-electron chi connectivity index (χ1n) is 11.8. The Balaban J connectivity index is 1.41. The number of aromatic nitrogens is 2. The monoisotopic (exact) mass is 496 g/mol. The maximum Gasteiger partial charge on any atom is 0.251 e. The van der Waals surface area contributed by atoms with E-state index in [0.29, 0.717) is 11.6 Å². The van der Waals surface area contributed by atoms with E-state index in [1.54, 1.807) is 18.2 Å². The van der Waals surface area contributed by atoms with Crippen LogP contribution in [0.3, 0.4) is 0 Å². The molecule has 186 valence electrons. The third-order valence-electron chi connectivity index (χ3n) is 6.23. The summed E-state index contributed by atoms with van der Waals surface area (Å²) in [4.78, 5) is 34.0. The molecule has 0 saturated heterocycles. The van der Waals surface area contributed by atoms with Gasteiger partial charge in [-0.2, -0.15) is 0 Å². The van der Waals surface area contributed by atoms with Gasteiger partial charge in [0.05, 0.1) is 5.69 Å². The zero-order chi connectivity index (χ0) is 25.9. The minimum Gasteiger partial charge on any atom is -0.441 e. The van der Waals surface area contributed by atoms with Gasteiger partial charge in [0.1, 0.15) is 17.6 Å². The van der Waals surface area contributed by atoms with Gasteiger partial charge in [-0.1, -0.05) is 24.3 Å². The molecule has 5 aromatic rings. The van der Waals surface area contributed by atoms with Gasteiger partial charge in [0.2, 0.25) is 11.8 Å². The SMILES string of the molecule is Cc1nc(-c2cccc(NC(=O)C(Cc3c[nH]c4ccccc34)NC(=O)c3ccc(F)cc3)c2)oc1C. The molecule has 0 fully saturated rings. The van der Waals surface area contributed by atoms with Gasteiger partial charge >= 0.3 is 0 Å². The van der Waals surface area contributed by atoms with Crippen LogP contribution in [-0.2, 0) is 11.2 Å². The Bertz CT molecular complexity index is 1570. The summed E-state index contributed by atoms with van der Waals surface area (Å²) in [6, 6.07) is 19.2. The van der Waals surface area contributed by atoms with Gasteiger partial charge in [-0.15, -0.1) is 0 Å². The highest BCUT2D eigenvalue weighted by atomic mass is 19.1. The second kappa shape index (κ2) is 10.1. The van der Waals surface area contributed by atoms with Gasteiger partial charge in [0.15, 0.2) is 0 Å². The van der Waals surface area contributed by atoms with Crippen molar-refractivity contribution in [2.45, 2.75) is 26.3 Å². The van der Waals surface area contributed by atoms with E-state index in [9.17, 15) is 14.0 Å². The maximum atomic E-state index is 13.5. The van der Waals surface area contributed by atoms with Crippen molar-refractivity contribution in [2.24, 2.45) is 0 Å². The number of fused-ring (bicyclic) bond motifs is 1. The predicted molar refractivity (Wildman–Crippen MR) is 140 cm³/mol. The lowest BCUT2D eigenvalue weighted by atomic mass is 10.0. The molecular weight excluding hydrogens is 471 g/mol. The fourth-order valence-corrected chi connectivity index (χ4v) is 4.13. The number of halogens is 1. The Hall–Kier alpha value is -4.72. The molecule has 0 saturated carbocycles. The fourth-order valence-electron chi connectivity index (χ4n) is 4.13. The third kappa shape index (κ3) is 5.28. The van der Waals surface area contributed by atoms with E-state index in [1.165, 1.54) is 24.3 Å². The summed E-state index contributed by atoms with van der Waals surface area (Å²) in [7, 11) is 0. The van der Waals surface area contributed by atoms with Gasteiger partial charge < -0.3 is 20.0 Å². The van der Waals surface area contributed by atoms with Crippen LogP contribution in [0.4, 0.5) is 10.1 Å². The molecule has 0 aliphatic heterocycles. The number of anilines is 1. The summed E-state index contributed by atoms with van der Waals surface area (Å²) in [5.74, 6) is -0.115. The number of aromatic amines is 1. The summed E-state index contributed by atoms with van der Waals surface area (Å²) in [5.41, 5.74) is 4.13. The number of oxazole rings is 1. The highest BCUT2D eigenvalue weighted by molar-refractivity contribution is 6.01. The zero-order valence-electron chi connectivity index (χ0n) is 20.3. The smallest absolute Gasteiger partial charge is 0.251 e. The Kier molecular flexibility index (Phi) is 6.55. The zero-order valence-corrected chi connectivity index (χ0v) is 20.3. The van der Waals surface area contributed by atoms with Crippen molar-refractivity contribution in [3.05, 3.63) is 107 Å². The topological polar surface area (TPSA) is 100 Å². The molecule has 2 amide bonds. The summed E-state index contributed by atoms with van der Waals surface area (Å²) in [6.07, 6.45) is 2.09. The molecule has 1 unspecified atom stereocenters. The molecule has 5 rings (SSSR count). The minimum absolute atomic E-state index is 0.251. The van der Waals surface area contributed by atoms with Crippen molar-refractivity contribution in [1.29, 1.82) is 0 Å². The van der Waals surface area contributed by atoms with Gasteiger partial charge in [-0.05, 0) is 67.9 Å². The Morgan fingerprint density at radius 2 is 1.81 bits per heavy atom. The van der Waals surface area contributed by atoms with E-state index < -0.39 is 23.7 Å². The average Bonchev–Trinajstić information content (AvgIpc) is 3.46. The van der Waals surface area contributed by atoms with E-state index in [4.69, 9.17) is 4.42 Å². The molecule has 1 atom stereocenters. The number of nitrogens with one attached hydrogen (secondary N) is 3. The highest BCUT2D eigenvalue weighted by Crippen LogP contribution is 2.25. The number of benzene rings is 3. The number of para-hydroxylation sites is 1. The summed E-state index contributed by atoms with van der Waals surface area (Å²) >= 11 is 0. The van der Waals surface area contributed by atoms with Crippen LogP contribution in [0, 0.1) is 19.7 Å². The molecule has 2 aromatic heterocycles. The molecule has 0 radical (unpaired) electrons. The van der Waals surface area contributed by atoms with Crippen molar-refractivity contribution < 1.29 is 18.4 Å². The molecule has 37 heavy (non-hydrogen) atoms. The molecule has 0 spiro atoms. The van der Waals surface area contributed by atoms with E-state index in [0.717, 1.165) is 33.5 Å². The molecule has 0 bridgehead atoms. The number of rotatable bonds is 7. The lowest BCUT2D eigenvalue weighted by Crippen LogP contribution is -2.45. The van der Waals surface area contributed by atoms with Crippen LogP contribution >= 0.6 is 0 Å². The Labute approximate surface area is 212 Å². The van der Waals surface area contributed by atoms with Crippen molar-refractivity contribution in [3.63, 3.8) is 0 Å². The van der Waals surface area contributed by atoms with Crippen LogP contribution in [0.15, 0.2) is 83.4 Å². The lowest BCUT2D eigenvalue weighted by Gasteiger charge is -2.19. The van der Waals surface area contributed by atoms with Gasteiger partial charge in [-0.25, -0.2) is 9.37 Å². The Morgan fingerprint density at radius 3 is 2.57 bits per heavy atom. The number of hydrogen-bond acceptors (Lipinski definition) is 4. The standard InChI is InChI=1S/C29H25FN4O3/c1-17-18(2)37-29(32-17)20-6-5-7-23(14-20)33-28(36)26(34-27(35)19-10-12-22(30)13-11-19)15-21-16-31-25-9-4-3-8-24(21)25/h3-14,16,26,31H,15H2,1-2H3,(H,33,36)(H,34,35). The number of carbonyl (C=O) groups is 2. The number of amides is 2.